The first-order valence-electron chi connectivity index (χ1n) is 7.58. The Morgan fingerprint density at radius 3 is 2.37 bits per heavy atom. The summed E-state index contributed by atoms with van der Waals surface area (Å²) in [7, 11) is 0. The van der Waals surface area contributed by atoms with Gasteiger partial charge in [-0.1, -0.05) is 55.5 Å². The molecule has 0 saturated carbocycles. The Morgan fingerprint density at radius 1 is 0.947 bits per heavy atom. The van der Waals surface area contributed by atoms with Crippen molar-refractivity contribution in [2.24, 2.45) is 0 Å². The molecule has 0 aliphatic carbocycles. The number of aryl methyl sites for hydroxylation is 2. The van der Waals surface area contributed by atoms with E-state index in [-0.39, 0.29) is 0 Å². The van der Waals surface area contributed by atoms with Crippen molar-refractivity contribution >= 4 is 11.8 Å². The molecule has 1 rings (SSSR count). The molecule has 0 amide bonds. The highest BCUT2D eigenvalue weighted by atomic mass is 32.2. The first-order valence-corrected chi connectivity index (χ1v) is 8.73. The summed E-state index contributed by atoms with van der Waals surface area (Å²) >= 11 is 2.03. The summed E-state index contributed by atoms with van der Waals surface area (Å²) in [5, 5.41) is 3.53. The first-order chi connectivity index (χ1) is 9.22. The summed E-state index contributed by atoms with van der Waals surface area (Å²) in [5.74, 6) is 2.35. The Labute approximate surface area is 123 Å². The van der Waals surface area contributed by atoms with Crippen LogP contribution in [0.2, 0.25) is 0 Å². The minimum absolute atomic E-state index is 1.14. The highest BCUT2D eigenvalue weighted by molar-refractivity contribution is 7.98. The molecular weight excluding hydrogens is 250 g/mol. The van der Waals surface area contributed by atoms with Crippen LogP contribution in [0, 0.1) is 13.8 Å². The summed E-state index contributed by atoms with van der Waals surface area (Å²) in [4.78, 5) is 0. The van der Waals surface area contributed by atoms with Crippen LogP contribution in [0.5, 0.6) is 0 Å². The maximum absolute atomic E-state index is 3.53. The van der Waals surface area contributed by atoms with Crippen LogP contribution in [0.1, 0.15) is 49.3 Å². The van der Waals surface area contributed by atoms with Gasteiger partial charge < -0.3 is 5.32 Å². The largest absolute Gasteiger partial charge is 0.316 e. The Bertz CT molecular complexity index is 329. The molecule has 0 aromatic heterocycles. The number of rotatable bonds is 10. The molecule has 0 saturated heterocycles. The lowest BCUT2D eigenvalue weighted by molar-refractivity contribution is 0.613. The SMILES string of the molecule is CCCCCCNCCSCc1cc(C)cc(C)c1. The molecule has 0 aliphatic rings. The van der Waals surface area contributed by atoms with Gasteiger partial charge in [0.05, 0.1) is 0 Å². The maximum Gasteiger partial charge on any atom is 0.0185 e. The highest BCUT2D eigenvalue weighted by Gasteiger charge is 1.97. The molecule has 0 aliphatic heterocycles. The third kappa shape index (κ3) is 8.33. The Hall–Kier alpha value is -0.470. The van der Waals surface area contributed by atoms with Crippen molar-refractivity contribution in [2.45, 2.75) is 52.2 Å². The van der Waals surface area contributed by atoms with Crippen molar-refractivity contribution < 1.29 is 0 Å². The zero-order valence-corrected chi connectivity index (χ0v) is 13.6. The molecule has 1 aromatic carbocycles. The van der Waals surface area contributed by atoms with E-state index in [1.165, 1.54) is 54.7 Å². The molecule has 0 unspecified atom stereocenters. The van der Waals surface area contributed by atoms with E-state index in [0.29, 0.717) is 0 Å². The van der Waals surface area contributed by atoms with Crippen LogP contribution in [0.15, 0.2) is 18.2 Å². The van der Waals surface area contributed by atoms with E-state index in [1.807, 2.05) is 11.8 Å². The topological polar surface area (TPSA) is 12.0 Å². The fourth-order valence-electron chi connectivity index (χ4n) is 2.29. The van der Waals surface area contributed by atoms with E-state index >= 15 is 0 Å². The van der Waals surface area contributed by atoms with E-state index in [4.69, 9.17) is 0 Å². The van der Waals surface area contributed by atoms with Gasteiger partial charge in [0.15, 0.2) is 0 Å². The number of unbranched alkanes of at least 4 members (excludes halogenated alkanes) is 3. The number of hydrogen-bond donors (Lipinski definition) is 1. The lowest BCUT2D eigenvalue weighted by atomic mass is 10.1. The van der Waals surface area contributed by atoms with Gasteiger partial charge in [-0.2, -0.15) is 11.8 Å². The summed E-state index contributed by atoms with van der Waals surface area (Å²) < 4.78 is 0. The van der Waals surface area contributed by atoms with Crippen molar-refractivity contribution in [3.63, 3.8) is 0 Å². The van der Waals surface area contributed by atoms with Crippen LogP contribution in [0.3, 0.4) is 0 Å². The van der Waals surface area contributed by atoms with Crippen LogP contribution < -0.4 is 5.32 Å². The minimum Gasteiger partial charge on any atom is -0.316 e. The summed E-state index contributed by atoms with van der Waals surface area (Å²) in [6, 6.07) is 6.85. The van der Waals surface area contributed by atoms with Gasteiger partial charge in [0, 0.05) is 18.1 Å². The highest BCUT2D eigenvalue weighted by Crippen LogP contribution is 2.15. The van der Waals surface area contributed by atoms with E-state index in [2.05, 4.69) is 44.3 Å². The van der Waals surface area contributed by atoms with E-state index < -0.39 is 0 Å². The van der Waals surface area contributed by atoms with E-state index in [1.54, 1.807) is 0 Å². The molecule has 0 fully saturated rings. The van der Waals surface area contributed by atoms with Gasteiger partial charge in [0.25, 0.3) is 0 Å². The second-order valence-corrected chi connectivity index (χ2v) is 6.46. The fourth-order valence-corrected chi connectivity index (χ4v) is 3.12. The Balaban J connectivity index is 2.01. The molecule has 0 heterocycles. The zero-order chi connectivity index (χ0) is 13.9. The molecule has 1 N–H and O–H groups in total. The van der Waals surface area contributed by atoms with Gasteiger partial charge in [-0.3, -0.25) is 0 Å². The van der Waals surface area contributed by atoms with Gasteiger partial charge in [-0.05, 0) is 32.4 Å². The molecule has 0 bridgehead atoms. The second kappa shape index (κ2) is 10.3. The summed E-state index contributed by atoms with van der Waals surface area (Å²) in [5.41, 5.74) is 4.22. The fraction of sp³-hybridized carbons (Fsp3) is 0.647. The molecule has 1 nitrogen and oxygen atoms in total. The molecule has 0 atom stereocenters. The predicted octanol–water partition coefficient (Wildman–Crippen LogP) is 4.71. The standard InChI is InChI=1S/C17H29NS/c1-4-5-6-7-8-18-9-10-19-14-17-12-15(2)11-16(3)13-17/h11-13,18H,4-10,14H2,1-3H3. The second-order valence-electron chi connectivity index (χ2n) is 5.36. The van der Waals surface area contributed by atoms with Crippen molar-refractivity contribution in [1.29, 1.82) is 0 Å². The van der Waals surface area contributed by atoms with Crippen LogP contribution in [0.4, 0.5) is 0 Å². The summed E-state index contributed by atoms with van der Waals surface area (Å²) in [6.45, 7) is 8.95. The molecule has 2 heteroatoms. The van der Waals surface area contributed by atoms with E-state index in [9.17, 15) is 0 Å². The van der Waals surface area contributed by atoms with Crippen LogP contribution in [-0.4, -0.2) is 18.8 Å². The quantitative estimate of drug-likeness (QED) is 0.623. The summed E-state index contributed by atoms with van der Waals surface area (Å²) in [6.07, 6.45) is 5.41. The molecule has 108 valence electrons. The average Bonchev–Trinajstić information content (AvgIpc) is 2.36. The smallest absolute Gasteiger partial charge is 0.0185 e. The normalized spacial score (nSPS) is 10.9. The van der Waals surface area contributed by atoms with Gasteiger partial charge in [-0.25, -0.2) is 0 Å². The maximum atomic E-state index is 3.53. The van der Waals surface area contributed by atoms with Crippen molar-refractivity contribution in [1.82, 2.24) is 5.32 Å². The predicted molar refractivity (Wildman–Crippen MR) is 89.1 cm³/mol. The third-order valence-corrected chi connectivity index (χ3v) is 4.21. The van der Waals surface area contributed by atoms with Crippen molar-refractivity contribution in [3.05, 3.63) is 34.9 Å². The number of benzene rings is 1. The molecule has 0 radical (unpaired) electrons. The van der Waals surface area contributed by atoms with Gasteiger partial charge in [0.1, 0.15) is 0 Å². The van der Waals surface area contributed by atoms with Crippen LogP contribution >= 0.6 is 11.8 Å². The molecular formula is C17H29NS. The molecule has 19 heavy (non-hydrogen) atoms. The monoisotopic (exact) mass is 279 g/mol. The van der Waals surface area contributed by atoms with Gasteiger partial charge in [0.2, 0.25) is 0 Å². The molecule has 1 aromatic rings. The number of hydrogen-bond acceptors (Lipinski definition) is 2. The van der Waals surface area contributed by atoms with E-state index in [0.717, 1.165) is 12.3 Å². The number of nitrogens with one attached hydrogen (secondary N) is 1. The average molecular weight is 279 g/mol. The van der Waals surface area contributed by atoms with Crippen LogP contribution in [-0.2, 0) is 5.75 Å². The lowest BCUT2D eigenvalue weighted by Gasteiger charge is -2.06. The van der Waals surface area contributed by atoms with Crippen molar-refractivity contribution in [3.8, 4) is 0 Å². The van der Waals surface area contributed by atoms with Crippen molar-refractivity contribution in [2.75, 3.05) is 18.8 Å². The number of thioether (sulfide) groups is 1. The lowest BCUT2D eigenvalue weighted by Crippen LogP contribution is -2.18. The Kier molecular flexibility index (Phi) is 9.02. The minimum atomic E-state index is 1.14. The van der Waals surface area contributed by atoms with Gasteiger partial charge >= 0.3 is 0 Å². The first kappa shape index (κ1) is 16.6. The van der Waals surface area contributed by atoms with Crippen LogP contribution in [0.25, 0.3) is 0 Å². The Morgan fingerprint density at radius 2 is 1.68 bits per heavy atom. The van der Waals surface area contributed by atoms with Gasteiger partial charge in [-0.15, -0.1) is 0 Å². The third-order valence-electron chi connectivity index (χ3n) is 3.18. The molecule has 0 spiro atoms. The zero-order valence-electron chi connectivity index (χ0n) is 12.8.